The van der Waals surface area contributed by atoms with Gasteiger partial charge in [0, 0.05) is 0 Å². The second-order valence-corrected chi connectivity index (χ2v) is 11.4. The third-order valence-electron chi connectivity index (χ3n) is 5.51. The molecule has 2 aromatic rings. The van der Waals surface area contributed by atoms with Gasteiger partial charge in [0.05, 0.1) is 30.4 Å². The van der Waals surface area contributed by atoms with Crippen molar-refractivity contribution in [2.75, 3.05) is 19.8 Å². The van der Waals surface area contributed by atoms with Crippen LogP contribution < -0.4 is 4.74 Å². The van der Waals surface area contributed by atoms with E-state index in [-0.39, 0.29) is 37.1 Å². The quantitative estimate of drug-likeness (QED) is 0.138. The Bertz CT molecular complexity index is 1150. The molecule has 0 bridgehead atoms. The van der Waals surface area contributed by atoms with Crippen LogP contribution in [0.2, 0.25) is 0 Å². The molecule has 0 amide bonds. The average Bonchev–Trinajstić information content (AvgIpc) is 3.18. The molecule has 0 N–H and O–H groups in total. The molecule has 3 unspecified atom stereocenters. The van der Waals surface area contributed by atoms with Crippen molar-refractivity contribution in [3.8, 4) is 5.75 Å². The summed E-state index contributed by atoms with van der Waals surface area (Å²) in [5.74, 6) is 0.361. The molecule has 1 aliphatic heterocycles. The molecular formula is C26H30F3O8PS. The number of carbonyl (C=O) groups excluding carboxylic acids is 2. The molecule has 39 heavy (non-hydrogen) atoms. The Kier molecular flexibility index (Phi) is 11.2. The molecule has 0 saturated carbocycles. The number of halogens is 3. The van der Waals surface area contributed by atoms with E-state index in [1.165, 1.54) is 19.1 Å². The Hall–Kier alpha value is -2.21. The van der Waals surface area contributed by atoms with Crippen molar-refractivity contribution in [3.05, 3.63) is 65.2 Å². The molecular weight excluding hydrogens is 560 g/mol. The maximum atomic E-state index is 13.1. The molecule has 3 rings (SSSR count). The minimum Gasteiger partial charge on any atom is -0.491 e. The molecule has 214 valence electrons. The first-order valence-electron chi connectivity index (χ1n) is 12.3. The van der Waals surface area contributed by atoms with Crippen LogP contribution in [0, 0.1) is 0 Å². The number of rotatable bonds is 14. The van der Waals surface area contributed by atoms with Gasteiger partial charge in [-0.1, -0.05) is 36.0 Å². The first-order chi connectivity index (χ1) is 18.4. The van der Waals surface area contributed by atoms with Gasteiger partial charge in [-0.3, -0.25) is 23.2 Å². The largest absolute Gasteiger partial charge is 0.491 e. The van der Waals surface area contributed by atoms with Gasteiger partial charge in [0.2, 0.25) is 0 Å². The van der Waals surface area contributed by atoms with Crippen molar-refractivity contribution in [2.24, 2.45) is 0 Å². The lowest BCUT2D eigenvalue weighted by molar-refractivity contribution is -0.138. The SMILES string of the molecule is CCOP(=O)(OCC)OC(C)OC(COc1ccc(CC2SC(=O)CC2=O)cc1)c1ccc(C(F)(F)F)cc1. The van der Waals surface area contributed by atoms with Gasteiger partial charge in [-0.25, -0.2) is 4.57 Å². The van der Waals surface area contributed by atoms with Gasteiger partial charge in [-0.2, -0.15) is 13.2 Å². The number of Topliss-reactive ketones (excluding diaryl/α,β-unsaturated/α-hetero) is 1. The third kappa shape index (κ3) is 9.44. The summed E-state index contributed by atoms with van der Waals surface area (Å²) in [5.41, 5.74) is 0.408. The first-order valence-corrected chi connectivity index (χ1v) is 14.6. The molecule has 0 spiro atoms. The van der Waals surface area contributed by atoms with Crippen molar-refractivity contribution in [1.82, 2.24) is 0 Å². The molecule has 8 nitrogen and oxygen atoms in total. The van der Waals surface area contributed by atoms with Crippen molar-refractivity contribution < 1.29 is 50.4 Å². The highest BCUT2D eigenvalue weighted by Gasteiger charge is 2.33. The second-order valence-electron chi connectivity index (χ2n) is 8.48. The molecule has 1 aliphatic rings. The summed E-state index contributed by atoms with van der Waals surface area (Å²) in [4.78, 5) is 23.4. The van der Waals surface area contributed by atoms with E-state index in [9.17, 15) is 27.3 Å². The number of phosphoric acid groups is 1. The topological polar surface area (TPSA) is 97.4 Å². The van der Waals surface area contributed by atoms with E-state index in [1.54, 1.807) is 38.1 Å². The van der Waals surface area contributed by atoms with Crippen LogP contribution in [0.15, 0.2) is 48.5 Å². The van der Waals surface area contributed by atoms with Crippen LogP contribution in [-0.4, -0.2) is 42.3 Å². The fraction of sp³-hybridized carbons (Fsp3) is 0.462. The molecule has 1 heterocycles. The smallest absolute Gasteiger partial charge is 0.477 e. The summed E-state index contributed by atoms with van der Waals surface area (Å²) in [7, 11) is -3.92. The van der Waals surface area contributed by atoms with E-state index >= 15 is 0 Å². The van der Waals surface area contributed by atoms with Crippen molar-refractivity contribution in [2.45, 2.75) is 57.4 Å². The van der Waals surface area contributed by atoms with E-state index in [1.807, 2.05) is 0 Å². The normalized spacial score (nSPS) is 17.8. The van der Waals surface area contributed by atoms with Gasteiger partial charge in [-0.15, -0.1) is 0 Å². The fourth-order valence-corrected chi connectivity index (χ4v) is 6.01. The van der Waals surface area contributed by atoms with Crippen molar-refractivity contribution in [3.63, 3.8) is 0 Å². The van der Waals surface area contributed by atoms with Crippen LogP contribution in [0.3, 0.4) is 0 Å². The highest BCUT2D eigenvalue weighted by atomic mass is 32.2. The van der Waals surface area contributed by atoms with Gasteiger partial charge in [0.1, 0.15) is 18.5 Å². The summed E-state index contributed by atoms with van der Waals surface area (Å²) < 4.78 is 79.3. The van der Waals surface area contributed by atoms with E-state index in [0.29, 0.717) is 17.7 Å². The zero-order chi connectivity index (χ0) is 28.6. The highest BCUT2D eigenvalue weighted by molar-refractivity contribution is 8.15. The lowest BCUT2D eigenvalue weighted by Crippen LogP contribution is -2.22. The first kappa shape index (κ1) is 31.3. The molecule has 13 heteroatoms. The molecule has 0 radical (unpaired) electrons. The number of carbonyl (C=O) groups is 2. The Morgan fingerprint density at radius 3 is 2.13 bits per heavy atom. The summed E-state index contributed by atoms with van der Waals surface area (Å²) >= 11 is 1.05. The minimum absolute atomic E-state index is 0.0470. The Morgan fingerprint density at radius 1 is 1.00 bits per heavy atom. The summed E-state index contributed by atoms with van der Waals surface area (Å²) in [6, 6.07) is 11.3. The van der Waals surface area contributed by atoms with Crippen molar-refractivity contribution in [1.29, 1.82) is 0 Å². The summed E-state index contributed by atoms with van der Waals surface area (Å²) in [5, 5.41) is -0.524. The molecule has 3 atom stereocenters. The fourth-order valence-electron chi connectivity index (χ4n) is 3.74. The number of ketones is 1. The molecule has 2 aromatic carbocycles. The van der Waals surface area contributed by atoms with Gasteiger partial charge in [0.25, 0.3) is 0 Å². The number of ether oxygens (including phenoxy) is 2. The predicted octanol–water partition coefficient (Wildman–Crippen LogP) is 6.53. The summed E-state index contributed by atoms with van der Waals surface area (Å²) in [6.07, 6.45) is -6.16. The van der Waals surface area contributed by atoms with Gasteiger partial charge in [0.15, 0.2) is 17.2 Å². The number of alkyl halides is 3. The zero-order valence-corrected chi connectivity index (χ0v) is 23.4. The van der Waals surface area contributed by atoms with Gasteiger partial charge in [-0.05, 0) is 62.6 Å². The van der Waals surface area contributed by atoms with Crippen LogP contribution in [0.5, 0.6) is 5.75 Å². The Balaban J connectivity index is 1.71. The maximum Gasteiger partial charge on any atom is 0.477 e. The standard InChI is InChI=1S/C26H30F3O8PS/c1-4-34-38(32,35-5-2)37-17(3)36-23(19-8-10-20(11-9-19)26(27,28)29)16-33-21-12-6-18(7-13-21)14-24-22(30)15-25(31)39-24/h6-13,17,23-24H,4-5,14-16H2,1-3H3. The van der Waals surface area contributed by atoms with E-state index in [4.69, 9.17) is 23.0 Å². The van der Waals surface area contributed by atoms with Crippen LogP contribution in [0.25, 0.3) is 0 Å². The van der Waals surface area contributed by atoms with Gasteiger partial charge < -0.3 is 9.47 Å². The number of phosphoric ester groups is 1. The van der Waals surface area contributed by atoms with E-state index < -0.39 is 37.2 Å². The van der Waals surface area contributed by atoms with Crippen LogP contribution in [0.4, 0.5) is 13.2 Å². The monoisotopic (exact) mass is 590 g/mol. The molecule has 1 fully saturated rings. The second kappa shape index (κ2) is 13.9. The minimum atomic E-state index is -4.50. The number of hydrogen-bond donors (Lipinski definition) is 0. The summed E-state index contributed by atoms with van der Waals surface area (Å²) in [6.45, 7) is 4.72. The molecule has 0 aromatic heterocycles. The lowest BCUT2D eigenvalue weighted by Gasteiger charge is -2.26. The van der Waals surface area contributed by atoms with Crippen molar-refractivity contribution >= 4 is 30.5 Å². The van der Waals surface area contributed by atoms with Gasteiger partial charge >= 0.3 is 14.0 Å². The Morgan fingerprint density at radius 2 is 1.62 bits per heavy atom. The molecule has 1 saturated heterocycles. The Labute approximate surface area is 229 Å². The zero-order valence-electron chi connectivity index (χ0n) is 21.6. The average molecular weight is 591 g/mol. The predicted molar refractivity (Wildman–Crippen MR) is 138 cm³/mol. The van der Waals surface area contributed by atoms with E-state index in [0.717, 1.165) is 29.5 Å². The van der Waals surface area contributed by atoms with E-state index in [2.05, 4.69) is 0 Å². The van der Waals surface area contributed by atoms with Crippen LogP contribution in [0.1, 0.15) is 50.0 Å². The maximum absolute atomic E-state index is 13.1. The lowest BCUT2D eigenvalue weighted by atomic mass is 10.1. The van der Waals surface area contributed by atoms with Crippen LogP contribution in [-0.2, 0) is 45.1 Å². The third-order valence-corrected chi connectivity index (χ3v) is 8.34. The number of hydrogen-bond acceptors (Lipinski definition) is 9. The highest BCUT2D eigenvalue weighted by Crippen LogP contribution is 2.50. The number of benzene rings is 2. The number of thioether (sulfide) groups is 1. The molecule has 0 aliphatic carbocycles. The van der Waals surface area contributed by atoms with Crippen LogP contribution >= 0.6 is 19.6 Å².